The highest BCUT2D eigenvalue weighted by Crippen LogP contribution is 2.32. The summed E-state index contributed by atoms with van der Waals surface area (Å²) in [5, 5.41) is 2.78. The molecule has 2 amide bonds. The normalized spacial score (nSPS) is 13.4. The van der Waals surface area contributed by atoms with Crippen LogP contribution in [0.2, 0.25) is 0 Å². The Morgan fingerprint density at radius 2 is 1.84 bits per heavy atom. The van der Waals surface area contributed by atoms with E-state index in [0.29, 0.717) is 31.7 Å². The zero-order chi connectivity index (χ0) is 23.1. The predicted molar refractivity (Wildman–Crippen MR) is 125 cm³/mol. The van der Waals surface area contributed by atoms with Crippen LogP contribution in [-0.4, -0.2) is 51.3 Å². The first-order valence-electron chi connectivity index (χ1n) is 11.1. The van der Waals surface area contributed by atoms with Crippen molar-refractivity contribution in [2.75, 3.05) is 30.5 Å². The molecule has 0 spiro atoms. The van der Waals surface area contributed by atoms with Crippen molar-refractivity contribution in [1.82, 2.24) is 10.2 Å². The van der Waals surface area contributed by atoms with Gasteiger partial charge in [-0.05, 0) is 55.5 Å². The van der Waals surface area contributed by atoms with Gasteiger partial charge in [0.2, 0.25) is 5.91 Å². The van der Waals surface area contributed by atoms with E-state index in [-0.39, 0.29) is 28.8 Å². The number of nitrogens with one attached hydrogen (secondary N) is 1. The Bertz CT molecular complexity index is 1070. The molecule has 1 aliphatic heterocycles. The second-order valence-corrected chi connectivity index (χ2v) is 9.78. The molecule has 32 heavy (non-hydrogen) atoms. The van der Waals surface area contributed by atoms with Gasteiger partial charge < -0.3 is 10.2 Å². The fourth-order valence-corrected chi connectivity index (χ4v) is 5.45. The van der Waals surface area contributed by atoms with Gasteiger partial charge in [-0.1, -0.05) is 38.1 Å². The number of aryl methyl sites for hydroxylation is 1. The smallest absolute Gasteiger partial charge is 0.264 e. The number of hydrogen-bond donors (Lipinski definition) is 1. The Morgan fingerprint density at radius 3 is 2.59 bits per heavy atom. The highest BCUT2D eigenvalue weighted by molar-refractivity contribution is 7.92. The molecule has 3 rings (SSSR count). The van der Waals surface area contributed by atoms with Crippen molar-refractivity contribution in [2.24, 2.45) is 0 Å². The van der Waals surface area contributed by atoms with Crippen LogP contribution in [-0.2, 0) is 21.2 Å². The Balaban J connectivity index is 1.87. The lowest BCUT2D eigenvalue weighted by atomic mass is 10.0. The maximum Gasteiger partial charge on any atom is 0.264 e. The van der Waals surface area contributed by atoms with Crippen LogP contribution in [0.4, 0.5) is 5.69 Å². The fourth-order valence-electron chi connectivity index (χ4n) is 3.86. The Morgan fingerprint density at radius 1 is 1.06 bits per heavy atom. The van der Waals surface area contributed by atoms with Crippen molar-refractivity contribution >= 4 is 27.5 Å². The summed E-state index contributed by atoms with van der Waals surface area (Å²) in [5.74, 6) is -0.572. The van der Waals surface area contributed by atoms with E-state index in [1.165, 1.54) is 21.3 Å². The van der Waals surface area contributed by atoms with Gasteiger partial charge >= 0.3 is 0 Å². The summed E-state index contributed by atoms with van der Waals surface area (Å²) in [4.78, 5) is 26.8. The minimum Gasteiger partial charge on any atom is -0.355 e. The van der Waals surface area contributed by atoms with Crippen LogP contribution < -0.4 is 9.62 Å². The number of rotatable bonds is 9. The molecule has 7 nitrogen and oxygen atoms in total. The van der Waals surface area contributed by atoms with Crippen molar-refractivity contribution in [3.05, 3.63) is 59.7 Å². The summed E-state index contributed by atoms with van der Waals surface area (Å²) >= 11 is 0. The third-order valence-corrected chi connectivity index (χ3v) is 7.23. The van der Waals surface area contributed by atoms with Gasteiger partial charge in [-0.2, -0.15) is 0 Å². The number of hydrogen-bond acceptors (Lipinski definition) is 4. The van der Waals surface area contributed by atoms with Crippen LogP contribution in [0.1, 0.15) is 49.0 Å². The average molecular weight is 458 g/mol. The molecule has 0 aliphatic carbocycles. The lowest BCUT2D eigenvalue weighted by Crippen LogP contribution is -2.41. The molecule has 0 saturated carbocycles. The first-order valence-corrected chi connectivity index (χ1v) is 12.6. The van der Waals surface area contributed by atoms with Crippen LogP contribution in [0.5, 0.6) is 0 Å². The summed E-state index contributed by atoms with van der Waals surface area (Å²) in [5.41, 5.74) is 1.95. The molecule has 0 aromatic heterocycles. The van der Waals surface area contributed by atoms with E-state index in [4.69, 9.17) is 0 Å². The van der Waals surface area contributed by atoms with Crippen LogP contribution in [0, 0.1) is 0 Å². The topological polar surface area (TPSA) is 86.8 Å². The van der Waals surface area contributed by atoms with E-state index in [9.17, 15) is 18.0 Å². The summed E-state index contributed by atoms with van der Waals surface area (Å²) in [6.07, 6.45) is 3.08. The SMILES string of the molecule is CCCNC(=O)CN(CCC)C(=O)c1cccc(S(=O)(=O)N2CCCc3ccccc32)c1. The van der Waals surface area contributed by atoms with E-state index in [0.717, 1.165) is 24.8 Å². The Labute approximate surface area is 190 Å². The van der Waals surface area contributed by atoms with Gasteiger partial charge in [0.25, 0.3) is 15.9 Å². The number of carbonyl (C=O) groups is 2. The molecule has 1 heterocycles. The van der Waals surface area contributed by atoms with E-state index >= 15 is 0 Å². The second kappa shape index (κ2) is 10.6. The van der Waals surface area contributed by atoms with Crippen LogP contribution in [0.15, 0.2) is 53.4 Å². The first-order chi connectivity index (χ1) is 15.4. The summed E-state index contributed by atoms with van der Waals surface area (Å²) in [7, 11) is -3.82. The predicted octanol–water partition coefficient (Wildman–Crippen LogP) is 3.21. The molecule has 0 unspecified atom stereocenters. The maximum absolute atomic E-state index is 13.5. The van der Waals surface area contributed by atoms with Crippen LogP contribution >= 0.6 is 0 Å². The van der Waals surface area contributed by atoms with E-state index in [2.05, 4.69) is 5.32 Å². The number of sulfonamides is 1. The Hall–Kier alpha value is -2.87. The van der Waals surface area contributed by atoms with Crippen molar-refractivity contribution in [3.8, 4) is 0 Å². The molecule has 0 atom stereocenters. The van der Waals surface area contributed by atoms with E-state index in [1.807, 2.05) is 38.1 Å². The lowest BCUT2D eigenvalue weighted by Gasteiger charge is -2.30. The van der Waals surface area contributed by atoms with E-state index < -0.39 is 10.0 Å². The third-order valence-electron chi connectivity index (χ3n) is 5.42. The minimum absolute atomic E-state index is 0.0524. The zero-order valence-electron chi connectivity index (χ0n) is 18.7. The summed E-state index contributed by atoms with van der Waals surface area (Å²) < 4.78 is 28.3. The zero-order valence-corrected chi connectivity index (χ0v) is 19.5. The second-order valence-electron chi connectivity index (χ2n) is 7.91. The number of fused-ring (bicyclic) bond motifs is 1. The molecule has 8 heteroatoms. The van der Waals surface area contributed by atoms with Gasteiger partial charge in [-0.3, -0.25) is 13.9 Å². The van der Waals surface area contributed by atoms with Crippen molar-refractivity contribution < 1.29 is 18.0 Å². The number of amides is 2. The fraction of sp³-hybridized carbons (Fsp3) is 0.417. The van der Waals surface area contributed by atoms with Crippen molar-refractivity contribution in [3.63, 3.8) is 0 Å². The molecule has 2 aromatic rings. The van der Waals surface area contributed by atoms with Crippen molar-refractivity contribution in [2.45, 2.75) is 44.4 Å². The number of anilines is 1. The van der Waals surface area contributed by atoms with Gasteiger partial charge in [0.15, 0.2) is 0 Å². The van der Waals surface area contributed by atoms with Crippen LogP contribution in [0.25, 0.3) is 0 Å². The molecule has 1 N–H and O–H groups in total. The van der Waals surface area contributed by atoms with Gasteiger partial charge in [0.05, 0.1) is 17.1 Å². The molecule has 2 aromatic carbocycles. The average Bonchev–Trinajstić information content (AvgIpc) is 2.81. The number of para-hydroxylation sites is 1. The summed E-state index contributed by atoms with van der Waals surface area (Å²) in [6.45, 7) is 5.20. The van der Waals surface area contributed by atoms with Gasteiger partial charge in [0.1, 0.15) is 0 Å². The minimum atomic E-state index is -3.82. The standard InChI is InChI=1S/C24H31N3O4S/c1-3-14-25-23(28)18-26(15-4-2)24(29)20-10-7-12-21(17-20)32(30,31)27-16-8-11-19-9-5-6-13-22(19)27/h5-7,9-10,12-13,17H,3-4,8,11,14-16,18H2,1-2H3,(H,25,28). The van der Waals surface area contributed by atoms with Crippen molar-refractivity contribution in [1.29, 1.82) is 0 Å². The molecule has 0 fully saturated rings. The molecular formula is C24H31N3O4S. The highest BCUT2D eigenvalue weighted by Gasteiger charge is 2.30. The van der Waals surface area contributed by atoms with Gasteiger partial charge in [-0.15, -0.1) is 0 Å². The number of nitrogens with zero attached hydrogens (tertiary/aromatic N) is 2. The monoisotopic (exact) mass is 457 g/mol. The molecule has 172 valence electrons. The quantitative estimate of drug-likeness (QED) is 0.626. The number of carbonyl (C=O) groups excluding carboxylic acids is 2. The molecule has 0 radical (unpaired) electrons. The van der Waals surface area contributed by atoms with Gasteiger partial charge in [-0.25, -0.2) is 8.42 Å². The van der Waals surface area contributed by atoms with Crippen LogP contribution in [0.3, 0.4) is 0 Å². The first kappa shape index (κ1) is 23.8. The maximum atomic E-state index is 13.5. The molecule has 0 saturated heterocycles. The summed E-state index contributed by atoms with van der Waals surface area (Å²) in [6, 6.07) is 13.6. The molecular weight excluding hydrogens is 426 g/mol. The third kappa shape index (κ3) is 5.30. The Kier molecular flexibility index (Phi) is 7.90. The largest absolute Gasteiger partial charge is 0.355 e. The molecule has 0 bridgehead atoms. The highest BCUT2D eigenvalue weighted by atomic mass is 32.2. The molecule has 1 aliphatic rings. The van der Waals surface area contributed by atoms with E-state index in [1.54, 1.807) is 12.1 Å². The van der Waals surface area contributed by atoms with Gasteiger partial charge in [0, 0.05) is 25.2 Å². The lowest BCUT2D eigenvalue weighted by molar-refractivity contribution is -0.121. The number of benzene rings is 2.